The number of aromatic amines is 1. The van der Waals surface area contributed by atoms with Crippen molar-refractivity contribution in [3.8, 4) is 0 Å². The second-order valence-electron chi connectivity index (χ2n) is 6.49. The summed E-state index contributed by atoms with van der Waals surface area (Å²) in [6.45, 7) is 0.899. The van der Waals surface area contributed by atoms with E-state index in [0.717, 1.165) is 0 Å². The van der Waals surface area contributed by atoms with Gasteiger partial charge in [-0.1, -0.05) is 11.8 Å². The van der Waals surface area contributed by atoms with Gasteiger partial charge in [0.2, 0.25) is 0 Å². The number of aliphatic imine (C=N–C) groups is 1. The lowest BCUT2D eigenvalue weighted by Gasteiger charge is -2.28. The van der Waals surface area contributed by atoms with Crippen molar-refractivity contribution >= 4 is 39.5 Å². The van der Waals surface area contributed by atoms with E-state index in [4.69, 9.17) is 4.74 Å². The smallest absolute Gasteiger partial charge is 0.337 e. The lowest BCUT2D eigenvalue weighted by Crippen LogP contribution is -2.44. The third-order valence-electron chi connectivity index (χ3n) is 4.71. The average molecular weight is 395 g/mol. The molecule has 2 aliphatic heterocycles. The van der Waals surface area contributed by atoms with Crippen molar-refractivity contribution in [3.63, 3.8) is 0 Å². The van der Waals surface area contributed by atoms with Crippen LogP contribution in [0.15, 0.2) is 20.8 Å². The molecule has 27 heavy (non-hydrogen) atoms. The molecule has 0 spiro atoms. The van der Waals surface area contributed by atoms with E-state index in [1.807, 2.05) is 0 Å². The summed E-state index contributed by atoms with van der Waals surface area (Å²) in [7, 11) is 0. The molecule has 2 aromatic rings. The number of H-pyrrole nitrogens is 1. The SMILES string of the molecule is CSC1=Nc2c3c(nc(=O)c(=O)[nH]c3cn2C2O[C@H](CO)[C@@H](O)[C@]2(C)O)N1. The fourth-order valence-electron chi connectivity index (χ4n) is 3.32. The summed E-state index contributed by atoms with van der Waals surface area (Å²) in [5, 5.41) is 34.1. The molecule has 4 heterocycles. The Balaban J connectivity index is 2.01. The predicted molar refractivity (Wildman–Crippen MR) is 98.5 cm³/mol. The molecular weight excluding hydrogens is 378 g/mol. The van der Waals surface area contributed by atoms with E-state index in [2.05, 4.69) is 20.3 Å². The number of thioether (sulfide) groups is 1. The summed E-state index contributed by atoms with van der Waals surface area (Å²) in [4.78, 5) is 34.5. The number of aliphatic hydroxyl groups is 3. The first kappa shape index (κ1) is 18.1. The van der Waals surface area contributed by atoms with E-state index in [1.165, 1.54) is 29.4 Å². The van der Waals surface area contributed by atoms with E-state index in [1.54, 1.807) is 6.26 Å². The van der Waals surface area contributed by atoms with Gasteiger partial charge in [-0.05, 0) is 13.2 Å². The van der Waals surface area contributed by atoms with Gasteiger partial charge in [-0.3, -0.25) is 9.59 Å². The number of rotatable bonds is 2. The monoisotopic (exact) mass is 395 g/mol. The number of hydrogen-bond acceptors (Lipinski definition) is 10. The summed E-state index contributed by atoms with van der Waals surface area (Å²) >= 11 is 1.26. The Morgan fingerprint density at radius 1 is 1.44 bits per heavy atom. The molecule has 1 unspecified atom stereocenters. The molecule has 0 aliphatic carbocycles. The zero-order valence-corrected chi connectivity index (χ0v) is 15.1. The summed E-state index contributed by atoms with van der Waals surface area (Å²) in [5.74, 6) is 0.441. The number of ether oxygens (including phenoxy) is 1. The third-order valence-corrected chi connectivity index (χ3v) is 5.29. The van der Waals surface area contributed by atoms with Gasteiger partial charge >= 0.3 is 11.1 Å². The van der Waals surface area contributed by atoms with Crippen LogP contribution >= 0.6 is 11.8 Å². The molecule has 0 saturated carbocycles. The van der Waals surface area contributed by atoms with Gasteiger partial charge in [-0.25, -0.2) is 4.99 Å². The van der Waals surface area contributed by atoms with Gasteiger partial charge in [-0.15, -0.1) is 0 Å². The highest BCUT2D eigenvalue weighted by Gasteiger charge is 2.53. The van der Waals surface area contributed by atoms with Crippen LogP contribution in [0.2, 0.25) is 0 Å². The lowest BCUT2D eigenvalue weighted by molar-refractivity contribution is -0.0955. The van der Waals surface area contributed by atoms with Crippen LogP contribution < -0.4 is 16.4 Å². The van der Waals surface area contributed by atoms with E-state index < -0.39 is 41.8 Å². The number of amidine groups is 1. The summed E-state index contributed by atoms with van der Waals surface area (Å²) in [6.07, 6.45) is -0.199. The Bertz CT molecular complexity index is 1080. The number of nitrogens with one attached hydrogen (secondary N) is 2. The minimum Gasteiger partial charge on any atom is -0.394 e. The van der Waals surface area contributed by atoms with E-state index in [9.17, 15) is 24.9 Å². The topological polar surface area (TPSA) is 162 Å². The summed E-state index contributed by atoms with van der Waals surface area (Å²) < 4.78 is 7.10. The van der Waals surface area contributed by atoms with Crippen molar-refractivity contribution < 1.29 is 20.1 Å². The van der Waals surface area contributed by atoms with E-state index in [0.29, 0.717) is 10.6 Å². The first-order chi connectivity index (χ1) is 12.8. The molecule has 0 amide bonds. The van der Waals surface area contributed by atoms with Crippen molar-refractivity contribution in [2.45, 2.75) is 31.0 Å². The van der Waals surface area contributed by atoms with Gasteiger partial charge in [0.05, 0.1) is 17.5 Å². The van der Waals surface area contributed by atoms with Crippen molar-refractivity contribution in [2.24, 2.45) is 4.99 Å². The standard InChI is InChI=1S/C15H17N5O6S/c1-15(25)8(22)6(4-21)26-13(15)20-3-5-7-9(17-12(24)11(23)16-5)18-14(27-2)19-10(7)20/h3,6,8,13,21-22,25H,4H2,1-2H3,(H,16,23)(H,17,18,19,24)/t6-,8-,13?,15+/m1/s1. The molecule has 4 rings (SSSR count). The Morgan fingerprint density at radius 3 is 2.81 bits per heavy atom. The fraction of sp³-hybridized carbons (Fsp3) is 0.467. The van der Waals surface area contributed by atoms with Crippen molar-refractivity contribution in [1.29, 1.82) is 0 Å². The van der Waals surface area contributed by atoms with Crippen LogP contribution in [0, 0.1) is 0 Å². The lowest BCUT2D eigenvalue weighted by atomic mass is 9.96. The summed E-state index contributed by atoms with van der Waals surface area (Å²) in [6, 6.07) is 0. The van der Waals surface area contributed by atoms with Gasteiger partial charge < -0.3 is 34.9 Å². The molecule has 144 valence electrons. The molecule has 2 aliphatic rings. The number of anilines is 1. The second-order valence-corrected chi connectivity index (χ2v) is 7.29. The van der Waals surface area contributed by atoms with Crippen LogP contribution in [0.5, 0.6) is 0 Å². The largest absolute Gasteiger partial charge is 0.394 e. The first-order valence-corrected chi connectivity index (χ1v) is 9.26. The zero-order valence-electron chi connectivity index (χ0n) is 14.3. The highest BCUT2D eigenvalue weighted by molar-refractivity contribution is 8.13. The van der Waals surface area contributed by atoms with Crippen LogP contribution in [-0.2, 0) is 4.74 Å². The first-order valence-electron chi connectivity index (χ1n) is 8.03. The van der Waals surface area contributed by atoms with Crippen LogP contribution in [0.25, 0.3) is 10.9 Å². The van der Waals surface area contributed by atoms with Crippen molar-refractivity contribution in [2.75, 3.05) is 18.2 Å². The molecule has 11 nitrogen and oxygen atoms in total. The maximum Gasteiger partial charge on any atom is 0.337 e. The Kier molecular flexibility index (Phi) is 4.12. The van der Waals surface area contributed by atoms with Gasteiger partial charge in [0.25, 0.3) is 0 Å². The molecule has 1 fully saturated rings. The van der Waals surface area contributed by atoms with Crippen molar-refractivity contribution in [1.82, 2.24) is 14.5 Å². The zero-order chi connectivity index (χ0) is 19.5. The van der Waals surface area contributed by atoms with Crippen LogP contribution in [0.4, 0.5) is 11.6 Å². The Labute approximate surface area is 155 Å². The maximum atomic E-state index is 11.9. The molecule has 4 atom stereocenters. The normalized spacial score (nSPS) is 29.7. The number of hydrogen-bond donors (Lipinski definition) is 5. The minimum absolute atomic E-state index is 0.151. The molecule has 0 bridgehead atoms. The molecule has 0 radical (unpaired) electrons. The highest BCUT2D eigenvalue weighted by atomic mass is 32.2. The quantitative estimate of drug-likeness (QED) is 0.396. The number of aliphatic hydroxyl groups excluding tert-OH is 2. The number of nitrogens with zero attached hydrogens (tertiary/aromatic N) is 3. The van der Waals surface area contributed by atoms with E-state index in [-0.39, 0.29) is 17.2 Å². The Hall–Kier alpha value is -2.25. The molecular formula is C15H17N5O6S. The Morgan fingerprint density at radius 2 is 2.19 bits per heavy atom. The highest BCUT2D eigenvalue weighted by Crippen LogP contribution is 2.44. The van der Waals surface area contributed by atoms with E-state index >= 15 is 0 Å². The molecule has 2 aromatic heterocycles. The molecule has 0 aromatic carbocycles. The van der Waals surface area contributed by atoms with Crippen molar-refractivity contribution in [3.05, 3.63) is 26.9 Å². The molecule has 1 saturated heterocycles. The van der Waals surface area contributed by atoms with Gasteiger partial charge in [0.1, 0.15) is 23.6 Å². The molecule has 12 heteroatoms. The average Bonchev–Trinajstić information content (AvgIpc) is 3.05. The second kappa shape index (κ2) is 6.14. The third kappa shape index (κ3) is 2.60. The predicted octanol–water partition coefficient (Wildman–Crippen LogP) is -1.14. The van der Waals surface area contributed by atoms with Crippen LogP contribution in [0.1, 0.15) is 13.2 Å². The molecule has 5 N–H and O–H groups in total. The number of aromatic nitrogens is 3. The van der Waals surface area contributed by atoms with Crippen LogP contribution in [-0.4, -0.2) is 65.7 Å². The van der Waals surface area contributed by atoms with Gasteiger partial charge in [-0.2, -0.15) is 4.98 Å². The minimum atomic E-state index is -1.74. The summed E-state index contributed by atoms with van der Waals surface area (Å²) in [5.41, 5.74) is -3.33. The van der Waals surface area contributed by atoms with Gasteiger partial charge in [0, 0.05) is 6.20 Å². The van der Waals surface area contributed by atoms with Gasteiger partial charge in [0.15, 0.2) is 17.2 Å². The van der Waals surface area contributed by atoms with Crippen LogP contribution in [0.3, 0.4) is 0 Å². The fourth-order valence-corrected chi connectivity index (χ4v) is 3.70. The maximum absolute atomic E-state index is 11.9.